The van der Waals surface area contributed by atoms with E-state index >= 15 is 0 Å². The molecule has 0 aliphatic heterocycles. The predicted octanol–water partition coefficient (Wildman–Crippen LogP) is 0.182. The molecule has 1 amide bonds. The molecular weight excluding hydrogens is 190 g/mol. The molecule has 4 heteroatoms. The van der Waals surface area contributed by atoms with Gasteiger partial charge >= 0.3 is 0 Å². The van der Waals surface area contributed by atoms with Crippen LogP contribution in [-0.2, 0) is 4.79 Å². The van der Waals surface area contributed by atoms with E-state index in [0.717, 1.165) is 38.8 Å². The van der Waals surface area contributed by atoms with Crippen molar-refractivity contribution in [2.24, 2.45) is 11.7 Å². The van der Waals surface area contributed by atoms with Gasteiger partial charge in [0.05, 0.1) is 0 Å². The highest BCUT2D eigenvalue weighted by atomic mass is 16.1. The van der Waals surface area contributed by atoms with Crippen LogP contribution in [0.1, 0.15) is 25.7 Å². The van der Waals surface area contributed by atoms with Crippen LogP contribution >= 0.6 is 0 Å². The van der Waals surface area contributed by atoms with Crippen molar-refractivity contribution in [1.82, 2.24) is 10.2 Å². The van der Waals surface area contributed by atoms with Gasteiger partial charge in [-0.2, -0.15) is 0 Å². The Morgan fingerprint density at radius 3 is 2.40 bits per heavy atom. The smallest absolute Gasteiger partial charge is 0.220 e. The van der Waals surface area contributed by atoms with E-state index in [1.165, 1.54) is 0 Å². The van der Waals surface area contributed by atoms with Crippen molar-refractivity contribution >= 4 is 5.91 Å². The molecule has 15 heavy (non-hydrogen) atoms. The second-order valence-corrected chi connectivity index (χ2v) is 4.71. The number of carbonyl (C=O) groups is 1. The molecule has 1 saturated carbocycles. The first kappa shape index (κ1) is 12.5. The lowest BCUT2D eigenvalue weighted by atomic mass is 9.85. The monoisotopic (exact) mass is 213 g/mol. The summed E-state index contributed by atoms with van der Waals surface area (Å²) in [6, 6.07) is 0.584. The first-order valence-electron chi connectivity index (χ1n) is 5.77. The fourth-order valence-corrected chi connectivity index (χ4v) is 2.07. The van der Waals surface area contributed by atoms with Crippen LogP contribution in [0.15, 0.2) is 0 Å². The van der Waals surface area contributed by atoms with Gasteiger partial charge in [-0.15, -0.1) is 0 Å². The fraction of sp³-hybridized carbons (Fsp3) is 0.909. The molecule has 1 fully saturated rings. The molecule has 1 aliphatic rings. The largest absolute Gasteiger partial charge is 0.369 e. The summed E-state index contributed by atoms with van der Waals surface area (Å²) in [6.45, 7) is 2.09. The van der Waals surface area contributed by atoms with Crippen molar-refractivity contribution in [3.8, 4) is 0 Å². The average Bonchev–Trinajstić information content (AvgIpc) is 2.18. The van der Waals surface area contributed by atoms with Gasteiger partial charge in [0.15, 0.2) is 0 Å². The van der Waals surface area contributed by atoms with E-state index in [9.17, 15) is 4.79 Å². The zero-order valence-electron chi connectivity index (χ0n) is 9.83. The molecule has 0 aromatic rings. The minimum atomic E-state index is -0.123. The zero-order valence-corrected chi connectivity index (χ0v) is 9.83. The van der Waals surface area contributed by atoms with E-state index in [2.05, 4.69) is 24.3 Å². The minimum Gasteiger partial charge on any atom is -0.369 e. The molecule has 0 atom stereocenters. The number of hydrogen-bond acceptors (Lipinski definition) is 3. The van der Waals surface area contributed by atoms with E-state index in [-0.39, 0.29) is 11.8 Å². The van der Waals surface area contributed by atoms with Crippen molar-refractivity contribution in [2.75, 3.05) is 27.2 Å². The number of nitrogens with two attached hydrogens (primary N) is 1. The number of amides is 1. The molecule has 0 aromatic heterocycles. The van der Waals surface area contributed by atoms with Crippen LogP contribution in [0.2, 0.25) is 0 Å². The second-order valence-electron chi connectivity index (χ2n) is 4.71. The Hall–Kier alpha value is -0.610. The topological polar surface area (TPSA) is 58.4 Å². The molecule has 0 heterocycles. The van der Waals surface area contributed by atoms with Crippen molar-refractivity contribution < 1.29 is 4.79 Å². The van der Waals surface area contributed by atoms with Gasteiger partial charge in [0.2, 0.25) is 5.91 Å². The van der Waals surface area contributed by atoms with Crippen molar-refractivity contribution in [3.63, 3.8) is 0 Å². The molecule has 0 unspecified atom stereocenters. The highest BCUT2D eigenvalue weighted by molar-refractivity contribution is 5.76. The molecule has 0 bridgehead atoms. The summed E-state index contributed by atoms with van der Waals surface area (Å²) < 4.78 is 0. The number of nitrogens with zero attached hydrogens (tertiary/aromatic N) is 1. The zero-order chi connectivity index (χ0) is 11.3. The summed E-state index contributed by atoms with van der Waals surface area (Å²) in [7, 11) is 4.15. The Balaban J connectivity index is 2.12. The second kappa shape index (κ2) is 6.08. The highest BCUT2D eigenvalue weighted by Crippen LogP contribution is 2.23. The number of rotatable bonds is 5. The molecule has 88 valence electrons. The fourth-order valence-electron chi connectivity index (χ4n) is 2.07. The number of likely N-dealkylation sites (N-methyl/N-ethyl adjacent to an activating group) is 1. The Bertz CT molecular complexity index is 198. The molecule has 0 aromatic carbocycles. The summed E-state index contributed by atoms with van der Waals surface area (Å²) in [5, 5.41) is 3.52. The van der Waals surface area contributed by atoms with E-state index in [1.54, 1.807) is 0 Å². The van der Waals surface area contributed by atoms with Gasteiger partial charge in [-0.25, -0.2) is 0 Å². The van der Waals surface area contributed by atoms with Crippen molar-refractivity contribution in [3.05, 3.63) is 0 Å². The quantitative estimate of drug-likeness (QED) is 0.685. The standard InChI is InChI=1S/C11H23N3O/c1-14(2)8-7-13-10-5-3-9(4-6-10)11(12)15/h9-10,13H,3-8H2,1-2H3,(H2,12,15). The van der Waals surface area contributed by atoms with Crippen LogP contribution in [0.5, 0.6) is 0 Å². The van der Waals surface area contributed by atoms with Gasteiger partial charge < -0.3 is 16.0 Å². The lowest BCUT2D eigenvalue weighted by molar-refractivity contribution is -0.122. The van der Waals surface area contributed by atoms with E-state index in [0.29, 0.717) is 6.04 Å². The van der Waals surface area contributed by atoms with E-state index in [4.69, 9.17) is 5.73 Å². The van der Waals surface area contributed by atoms with Gasteiger partial charge in [0, 0.05) is 25.0 Å². The Labute approximate surface area is 92.2 Å². The van der Waals surface area contributed by atoms with Crippen LogP contribution < -0.4 is 11.1 Å². The lowest BCUT2D eigenvalue weighted by Crippen LogP contribution is -2.39. The van der Waals surface area contributed by atoms with Gasteiger partial charge in [-0.05, 0) is 39.8 Å². The number of nitrogens with one attached hydrogen (secondary N) is 1. The molecular formula is C11H23N3O. The third-order valence-electron chi connectivity index (χ3n) is 3.12. The Morgan fingerprint density at radius 1 is 1.33 bits per heavy atom. The minimum absolute atomic E-state index is 0.122. The van der Waals surface area contributed by atoms with Gasteiger partial charge in [-0.3, -0.25) is 4.79 Å². The third kappa shape index (κ3) is 4.62. The van der Waals surface area contributed by atoms with Gasteiger partial charge in [-0.1, -0.05) is 0 Å². The molecule has 0 radical (unpaired) electrons. The summed E-state index contributed by atoms with van der Waals surface area (Å²) in [4.78, 5) is 13.1. The maximum absolute atomic E-state index is 11.0. The van der Waals surface area contributed by atoms with Crippen molar-refractivity contribution in [1.29, 1.82) is 0 Å². The number of carbonyl (C=O) groups excluding carboxylic acids is 1. The van der Waals surface area contributed by atoms with E-state index in [1.807, 2.05) is 0 Å². The predicted molar refractivity (Wildman–Crippen MR) is 61.5 cm³/mol. The summed E-state index contributed by atoms with van der Waals surface area (Å²) in [5.74, 6) is -0.00126. The number of primary amides is 1. The van der Waals surface area contributed by atoms with Crippen LogP contribution in [0.25, 0.3) is 0 Å². The SMILES string of the molecule is CN(C)CCNC1CCC(C(N)=O)CC1. The first-order valence-corrected chi connectivity index (χ1v) is 5.77. The maximum atomic E-state index is 11.0. The van der Waals surface area contributed by atoms with Crippen LogP contribution in [-0.4, -0.2) is 44.0 Å². The van der Waals surface area contributed by atoms with Crippen LogP contribution in [0.4, 0.5) is 0 Å². The number of hydrogen-bond donors (Lipinski definition) is 2. The molecule has 1 rings (SSSR count). The average molecular weight is 213 g/mol. The lowest BCUT2D eigenvalue weighted by Gasteiger charge is -2.27. The molecule has 0 saturated heterocycles. The summed E-state index contributed by atoms with van der Waals surface area (Å²) >= 11 is 0. The first-order chi connectivity index (χ1) is 7.09. The molecule has 1 aliphatic carbocycles. The molecule has 0 spiro atoms. The summed E-state index contributed by atoms with van der Waals surface area (Å²) in [5.41, 5.74) is 5.29. The third-order valence-corrected chi connectivity index (χ3v) is 3.12. The van der Waals surface area contributed by atoms with Gasteiger partial charge in [0.25, 0.3) is 0 Å². The summed E-state index contributed by atoms with van der Waals surface area (Å²) in [6.07, 6.45) is 4.08. The van der Waals surface area contributed by atoms with Crippen molar-refractivity contribution in [2.45, 2.75) is 31.7 Å². The molecule has 3 N–H and O–H groups in total. The van der Waals surface area contributed by atoms with Gasteiger partial charge in [0.1, 0.15) is 0 Å². The Morgan fingerprint density at radius 2 is 1.93 bits per heavy atom. The van der Waals surface area contributed by atoms with Crippen LogP contribution in [0.3, 0.4) is 0 Å². The normalized spacial score (nSPS) is 26.9. The Kier molecular flexibility index (Phi) is 5.05. The molecule has 4 nitrogen and oxygen atoms in total. The maximum Gasteiger partial charge on any atom is 0.220 e. The highest BCUT2D eigenvalue weighted by Gasteiger charge is 2.23. The van der Waals surface area contributed by atoms with E-state index < -0.39 is 0 Å². The van der Waals surface area contributed by atoms with Crippen LogP contribution in [0, 0.1) is 5.92 Å².